The van der Waals surface area contributed by atoms with E-state index in [9.17, 15) is 9.59 Å². The minimum atomic E-state index is -0.296. The molecule has 2 rings (SSSR count). The van der Waals surface area contributed by atoms with Crippen molar-refractivity contribution in [3.63, 3.8) is 0 Å². The maximum absolute atomic E-state index is 11.8. The molecule has 0 aromatic carbocycles. The van der Waals surface area contributed by atoms with Gasteiger partial charge in [0.2, 0.25) is 0 Å². The van der Waals surface area contributed by atoms with Crippen LogP contribution in [0.2, 0.25) is 0 Å². The Kier molecular flexibility index (Phi) is 3.05. The number of aryl methyl sites for hydroxylation is 1. The number of rotatable bonds is 2. The predicted molar refractivity (Wildman–Crippen MR) is 60.5 cm³/mol. The van der Waals surface area contributed by atoms with E-state index in [0.29, 0.717) is 0 Å². The van der Waals surface area contributed by atoms with Gasteiger partial charge in [-0.2, -0.15) is 0 Å². The van der Waals surface area contributed by atoms with Gasteiger partial charge in [0, 0.05) is 30.5 Å². The molecule has 5 nitrogen and oxygen atoms in total. The van der Waals surface area contributed by atoms with Gasteiger partial charge in [0.15, 0.2) is 5.43 Å². The van der Waals surface area contributed by atoms with E-state index in [1.807, 2.05) is 0 Å². The van der Waals surface area contributed by atoms with Crippen molar-refractivity contribution in [2.24, 2.45) is 0 Å². The highest BCUT2D eigenvalue weighted by Crippen LogP contribution is 1.99. The third kappa shape index (κ3) is 2.30. The highest BCUT2D eigenvalue weighted by molar-refractivity contribution is 5.94. The third-order valence-corrected chi connectivity index (χ3v) is 2.70. The number of amides is 1. The first kappa shape index (κ1) is 10.9. The highest BCUT2D eigenvalue weighted by atomic mass is 16.2. The summed E-state index contributed by atoms with van der Waals surface area (Å²) in [6.07, 6.45) is 2.38. The Morgan fingerprint density at radius 2 is 2.38 bits per heavy atom. The largest absolute Gasteiger partial charge is 0.364 e. The average molecular weight is 221 g/mol. The fraction of sp³-hybridized carbons (Fsp3) is 0.455. The van der Waals surface area contributed by atoms with E-state index in [-0.39, 0.29) is 22.9 Å². The first-order valence-corrected chi connectivity index (χ1v) is 5.38. The number of carbonyl (C=O) groups excluding carboxylic acids is 1. The lowest BCUT2D eigenvalue weighted by molar-refractivity contribution is 0.0938. The maximum atomic E-state index is 11.8. The SMILES string of the molecule is Cc1cc(=O)c(C(=O)N[C@@H]2CCNC2)c[nH]1. The van der Waals surface area contributed by atoms with Crippen LogP contribution in [0.5, 0.6) is 0 Å². The van der Waals surface area contributed by atoms with E-state index in [4.69, 9.17) is 0 Å². The van der Waals surface area contributed by atoms with E-state index in [1.54, 1.807) is 6.92 Å². The van der Waals surface area contributed by atoms with Gasteiger partial charge in [-0.15, -0.1) is 0 Å². The second-order valence-electron chi connectivity index (χ2n) is 4.06. The van der Waals surface area contributed by atoms with Gasteiger partial charge in [-0.05, 0) is 19.9 Å². The lowest BCUT2D eigenvalue weighted by atomic mass is 10.2. The molecule has 1 amide bonds. The van der Waals surface area contributed by atoms with Gasteiger partial charge in [-0.1, -0.05) is 0 Å². The zero-order valence-corrected chi connectivity index (χ0v) is 9.17. The van der Waals surface area contributed by atoms with Crippen LogP contribution in [0.3, 0.4) is 0 Å². The van der Waals surface area contributed by atoms with Crippen molar-refractivity contribution in [3.8, 4) is 0 Å². The molecule has 16 heavy (non-hydrogen) atoms. The number of carbonyl (C=O) groups is 1. The van der Waals surface area contributed by atoms with Crippen LogP contribution >= 0.6 is 0 Å². The minimum absolute atomic E-state index is 0.133. The molecule has 0 bridgehead atoms. The van der Waals surface area contributed by atoms with Crippen molar-refractivity contribution in [1.29, 1.82) is 0 Å². The smallest absolute Gasteiger partial charge is 0.257 e. The number of pyridine rings is 1. The topological polar surface area (TPSA) is 74.0 Å². The van der Waals surface area contributed by atoms with Crippen LogP contribution in [-0.4, -0.2) is 30.0 Å². The molecule has 5 heteroatoms. The number of nitrogens with one attached hydrogen (secondary N) is 3. The molecule has 1 aromatic rings. The van der Waals surface area contributed by atoms with Crippen molar-refractivity contribution in [2.75, 3.05) is 13.1 Å². The zero-order chi connectivity index (χ0) is 11.5. The molecule has 1 aliphatic heterocycles. The number of aromatic nitrogens is 1. The third-order valence-electron chi connectivity index (χ3n) is 2.70. The van der Waals surface area contributed by atoms with Gasteiger partial charge in [-0.25, -0.2) is 0 Å². The second kappa shape index (κ2) is 4.49. The fourth-order valence-electron chi connectivity index (χ4n) is 1.79. The molecular formula is C11H15N3O2. The van der Waals surface area contributed by atoms with Crippen molar-refractivity contribution in [3.05, 3.63) is 33.7 Å². The van der Waals surface area contributed by atoms with Crippen molar-refractivity contribution >= 4 is 5.91 Å². The molecule has 0 radical (unpaired) electrons. The Morgan fingerprint density at radius 1 is 1.56 bits per heavy atom. The summed E-state index contributed by atoms with van der Waals surface area (Å²) < 4.78 is 0. The second-order valence-corrected chi connectivity index (χ2v) is 4.06. The summed E-state index contributed by atoms with van der Waals surface area (Å²) in [5.41, 5.74) is 0.696. The monoisotopic (exact) mass is 221 g/mol. The van der Waals surface area contributed by atoms with E-state index in [0.717, 1.165) is 25.2 Å². The van der Waals surface area contributed by atoms with E-state index < -0.39 is 0 Å². The summed E-state index contributed by atoms with van der Waals surface area (Å²) in [5.74, 6) is -0.296. The van der Waals surface area contributed by atoms with Crippen LogP contribution in [0, 0.1) is 6.92 Å². The Labute approximate surface area is 93.3 Å². The van der Waals surface area contributed by atoms with Gasteiger partial charge >= 0.3 is 0 Å². The number of H-pyrrole nitrogens is 1. The lowest BCUT2D eigenvalue weighted by Gasteiger charge is -2.10. The Bertz CT molecular complexity index is 447. The molecule has 86 valence electrons. The summed E-state index contributed by atoms with van der Waals surface area (Å²) in [4.78, 5) is 26.2. The van der Waals surface area contributed by atoms with Crippen molar-refractivity contribution < 1.29 is 4.79 Å². The molecule has 1 aromatic heterocycles. The molecule has 2 heterocycles. The predicted octanol–water partition coefficient (Wildman–Crippen LogP) is -0.225. The molecule has 3 N–H and O–H groups in total. The summed E-state index contributed by atoms with van der Waals surface area (Å²) in [6, 6.07) is 1.56. The average Bonchev–Trinajstić information content (AvgIpc) is 2.70. The van der Waals surface area contributed by atoms with E-state index in [2.05, 4.69) is 15.6 Å². The highest BCUT2D eigenvalue weighted by Gasteiger charge is 2.18. The number of hydrogen-bond acceptors (Lipinski definition) is 3. The van der Waals surface area contributed by atoms with Gasteiger partial charge in [0.1, 0.15) is 5.56 Å². The normalized spacial score (nSPS) is 19.7. The maximum Gasteiger partial charge on any atom is 0.257 e. The quantitative estimate of drug-likeness (QED) is 0.646. The number of hydrogen-bond donors (Lipinski definition) is 3. The van der Waals surface area contributed by atoms with Crippen LogP contribution in [-0.2, 0) is 0 Å². The first-order chi connectivity index (χ1) is 7.66. The lowest BCUT2D eigenvalue weighted by Crippen LogP contribution is -2.38. The molecule has 0 saturated carbocycles. The number of aromatic amines is 1. The van der Waals surface area contributed by atoms with Crippen LogP contribution in [0.15, 0.2) is 17.1 Å². The summed E-state index contributed by atoms with van der Waals surface area (Å²) >= 11 is 0. The minimum Gasteiger partial charge on any atom is -0.364 e. The summed E-state index contributed by atoms with van der Waals surface area (Å²) in [7, 11) is 0. The zero-order valence-electron chi connectivity index (χ0n) is 9.17. The first-order valence-electron chi connectivity index (χ1n) is 5.38. The Hall–Kier alpha value is -1.62. The fourth-order valence-corrected chi connectivity index (χ4v) is 1.79. The molecule has 1 saturated heterocycles. The van der Waals surface area contributed by atoms with Crippen molar-refractivity contribution in [2.45, 2.75) is 19.4 Å². The van der Waals surface area contributed by atoms with Crippen LogP contribution in [0.4, 0.5) is 0 Å². The van der Waals surface area contributed by atoms with Crippen LogP contribution < -0.4 is 16.1 Å². The van der Waals surface area contributed by atoms with Gasteiger partial charge in [0.05, 0.1) is 0 Å². The van der Waals surface area contributed by atoms with E-state index in [1.165, 1.54) is 12.3 Å². The molecule has 0 aliphatic carbocycles. The standard InChI is InChI=1S/C11H15N3O2/c1-7-4-10(15)9(6-13-7)11(16)14-8-2-3-12-5-8/h4,6,8,12H,2-3,5H2,1H3,(H,13,15)(H,14,16)/t8-/m1/s1. The molecule has 1 fully saturated rings. The Morgan fingerprint density at radius 3 is 3.00 bits per heavy atom. The van der Waals surface area contributed by atoms with Gasteiger partial charge in [0.25, 0.3) is 5.91 Å². The van der Waals surface area contributed by atoms with Crippen LogP contribution in [0.1, 0.15) is 22.5 Å². The van der Waals surface area contributed by atoms with E-state index >= 15 is 0 Å². The van der Waals surface area contributed by atoms with Crippen molar-refractivity contribution in [1.82, 2.24) is 15.6 Å². The summed E-state index contributed by atoms with van der Waals surface area (Å²) in [5, 5.41) is 5.99. The molecule has 0 spiro atoms. The Balaban J connectivity index is 2.11. The van der Waals surface area contributed by atoms with Crippen LogP contribution in [0.25, 0.3) is 0 Å². The molecular weight excluding hydrogens is 206 g/mol. The van der Waals surface area contributed by atoms with Gasteiger partial charge < -0.3 is 15.6 Å². The van der Waals surface area contributed by atoms with Gasteiger partial charge in [-0.3, -0.25) is 9.59 Å². The molecule has 1 aliphatic rings. The molecule has 1 atom stereocenters. The molecule has 0 unspecified atom stereocenters. The summed E-state index contributed by atoms with van der Waals surface area (Å²) in [6.45, 7) is 3.47.